The Kier molecular flexibility index (Phi) is 10.3. The number of rotatable bonds is 11. The zero-order valence-corrected chi connectivity index (χ0v) is 38.7. The Bertz CT molecular complexity index is 2430. The van der Waals surface area contributed by atoms with Crippen LogP contribution in [0, 0.1) is 17.8 Å². The van der Waals surface area contributed by atoms with E-state index in [2.05, 4.69) is 51.7 Å². The van der Waals surface area contributed by atoms with Crippen LogP contribution in [-0.2, 0) is 56.0 Å². The van der Waals surface area contributed by atoms with Gasteiger partial charge in [0.1, 0.15) is 44.0 Å². The molecule has 17 nitrogen and oxygen atoms in total. The number of hydrogen-bond acceptors (Lipinski definition) is 15. The molecular formula is C44H57N9O8S2. The summed E-state index contributed by atoms with van der Waals surface area (Å²) < 4.78 is 10.3. The molecule has 5 aliphatic rings. The number of ether oxygens (including phenoxy) is 2. The van der Waals surface area contributed by atoms with E-state index in [1.165, 1.54) is 22.7 Å². The largest absolute Gasteiger partial charge is 0.412 e. The van der Waals surface area contributed by atoms with Crippen molar-refractivity contribution in [1.29, 1.82) is 0 Å². The highest BCUT2D eigenvalue weighted by atomic mass is 32.1. The number of amides is 4. The zero-order valence-electron chi connectivity index (χ0n) is 37.1. The predicted molar refractivity (Wildman–Crippen MR) is 234 cm³/mol. The highest BCUT2D eigenvalue weighted by Gasteiger charge is 2.84. The quantitative estimate of drug-likeness (QED) is 0.158. The summed E-state index contributed by atoms with van der Waals surface area (Å²) in [6.45, 7) is 18.2. The molecule has 3 aromatic rings. The molecule has 4 amide bonds. The molecule has 4 bridgehead atoms. The SMILES string of the molecule is CC(C)C(C(=O)OC(N)=O)N1CCC2(C(N)=O)c3csc(n3)[C@]12C1CC(C)[C@](C)([C@]23c4nc(cs4)C2(C(N)=O)CCN3C(C(=O)OC(N)=O)C(C)C)N1c1ccc(C(C)(C)C)cc1. The molecule has 3 fully saturated rings. The second-order valence-electron chi connectivity index (χ2n) is 19.8. The van der Waals surface area contributed by atoms with Gasteiger partial charge < -0.3 is 37.3 Å². The molecule has 0 aliphatic carbocycles. The third-order valence-corrected chi connectivity index (χ3v) is 17.3. The number of hydrogen-bond donors (Lipinski definition) is 4. The summed E-state index contributed by atoms with van der Waals surface area (Å²) in [5.74, 6) is -4.35. The maximum Gasteiger partial charge on any atom is 0.412 e. The standard InChI is InChI=1S/C44H57N9O8S2/c1-21(2)29(31(54)60-37(47)58)51-16-14-41(33(45)56)26-19-62-35(49-26)43(41,51)28-18-23(5)40(9,53(28)25-12-10-24(11-13-25)39(6,7)8)44-36-50-27(20-63-36)42(44,34(46)57)15-17-52(44)30(22(3)4)32(55)61-38(48)59/h10-13,19-23,28-30H,14-18H2,1-9H3,(H2,45,56)(H2,46,57)(H2,47,58)(H2,48,59)/t23?,28?,29?,30?,40-,41?,42?,43+,44-/m1/s1. The number of carbonyl (C=O) groups excluding carboxylic acids is 6. The van der Waals surface area contributed by atoms with Crippen molar-refractivity contribution in [2.24, 2.45) is 40.7 Å². The molecule has 2 aromatic heterocycles. The second-order valence-corrected chi connectivity index (χ2v) is 21.5. The second kappa shape index (κ2) is 14.5. The van der Waals surface area contributed by atoms with E-state index in [1.54, 1.807) is 0 Å². The lowest BCUT2D eigenvalue weighted by molar-refractivity contribution is -0.153. The van der Waals surface area contributed by atoms with Crippen molar-refractivity contribution in [2.75, 3.05) is 18.0 Å². The fourth-order valence-electron chi connectivity index (χ4n) is 13.0. The first-order valence-electron chi connectivity index (χ1n) is 21.4. The molecule has 6 unspecified atom stereocenters. The Hall–Kier alpha value is -4.98. The summed E-state index contributed by atoms with van der Waals surface area (Å²) in [5, 5.41) is 4.79. The Morgan fingerprint density at radius 3 is 1.73 bits per heavy atom. The molecule has 1 aromatic carbocycles. The summed E-state index contributed by atoms with van der Waals surface area (Å²) >= 11 is 2.72. The number of likely N-dealkylation sites (tertiary alicyclic amines) is 2. The van der Waals surface area contributed by atoms with E-state index in [1.807, 2.05) is 60.4 Å². The number of benzene rings is 1. The molecule has 7 heterocycles. The van der Waals surface area contributed by atoms with E-state index in [0.29, 0.717) is 33.5 Å². The van der Waals surface area contributed by atoms with Gasteiger partial charge in [-0.25, -0.2) is 29.1 Å². The van der Waals surface area contributed by atoms with Gasteiger partial charge in [0.15, 0.2) is 0 Å². The van der Waals surface area contributed by atoms with Gasteiger partial charge in [0.05, 0.1) is 23.0 Å². The average molecular weight is 904 g/mol. The van der Waals surface area contributed by atoms with Crippen LogP contribution in [0.4, 0.5) is 15.3 Å². The van der Waals surface area contributed by atoms with Gasteiger partial charge >= 0.3 is 24.1 Å². The third-order valence-electron chi connectivity index (χ3n) is 15.4. The van der Waals surface area contributed by atoms with Crippen LogP contribution in [0.25, 0.3) is 0 Å². The van der Waals surface area contributed by atoms with E-state index < -0.39 is 99.3 Å². The summed E-state index contributed by atoms with van der Waals surface area (Å²) in [6, 6.07) is 5.21. The molecule has 3 saturated heterocycles. The van der Waals surface area contributed by atoms with E-state index in [4.69, 9.17) is 42.4 Å². The van der Waals surface area contributed by atoms with Crippen LogP contribution in [0.1, 0.15) is 109 Å². The molecule has 9 atom stereocenters. The fraction of sp³-hybridized carbons (Fsp3) is 0.591. The van der Waals surface area contributed by atoms with Crippen molar-refractivity contribution in [2.45, 2.75) is 133 Å². The van der Waals surface area contributed by atoms with E-state index in [0.717, 1.165) is 5.56 Å². The third kappa shape index (κ3) is 5.45. The first-order valence-corrected chi connectivity index (χ1v) is 23.2. The molecule has 8 rings (SSSR count). The molecular weight excluding hydrogens is 847 g/mol. The van der Waals surface area contributed by atoms with Crippen LogP contribution in [0.2, 0.25) is 0 Å². The van der Waals surface area contributed by atoms with Gasteiger partial charge in [-0.1, -0.05) is 67.5 Å². The van der Waals surface area contributed by atoms with Crippen LogP contribution in [-0.4, -0.2) is 92.5 Å². The Labute approximate surface area is 374 Å². The van der Waals surface area contributed by atoms with E-state index in [-0.39, 0.29) is 31.3 Å². The number of thiazole rings is 2. The van der Waals surface area contributed by atoms with Gasteiger partial charge in [-0.3, -0.25) is 19.4 Å². The lowest BCUT2D eigenvalue weighted by Gasteiger charge is -2.62. The fourth-order valence-corrected chi connectivity index (χ4v) is 15.5. The lowest BCUT2D eigenvalue weighted by atomic mass is 9.57. The number of primary amides is 4. The number of anilines is 1. The molecule has 8 N–H and O–H groups in total. The van der Waals surface area contributed by atoms with E-state index in [9.17, 15) is 28.8 Å². The Morgan fingerprint density at radius 2 is 1.22 bits per heavy atom. The summed E-state index contributed by atoms with van der Waals surface area (Å²) in [5.41, 5.74) is 19.7. The molecule has 338 valence electrons. The number of carbonyl (C=O) groups is 6. The molecule has 19 heteroatoms. The van der Waals surface area contributed by atoms with Crippen molar-refractivity contribution in [3.8, 4) is 0 Å². The topological polar surface area (TPSA) is 260 Å². The highest BCUT2D eigenvalue weighted by Crippen LogP contribution is 2.73. The van der Waals surface area contributed by atoms with Gasteiger partial charge in [-0.05, 0) is 67.1 Å². The zero-order chi connectivity index (χ0) is 46.1. The molecule has 0 radical (unpaired) electrons. The maximum absolute atomic E-state index is 14.7. The van der Waals surface area contributed by atoms with Crippen molar-refractivity contribution < 1.29 is 38.2 Å². The minimum absolute atomic E-state index is 0.185. The summed E-state index contributed by atoms with van der Waals surface area (Å²) in [4.78, 5) is 98.9. The van der Waals surface area contributed by atoms with Crippen LogP contribution in [0.5, 0.6) is 0 Å². The summed E-state index contributed by atoms with van der Waals surface area (Å²) in [6.07, 6.45) is -1.80. The normalized spacial score (nSPS) is 31.9. The number of nitrogens with zero attached hydrogens (tertiary/aromatic N) is 5. The first kappa shape index (κ1) is 44.6. The minimum Gasteiger partial charge on any atom is -0.375 e. The lowest BCUT2D eigenvalue weighted by Crippen LogP contribution is -2.77. The minimum atomic E-state index is -1.49. The van der Waals surface area contributed by atoms with Crippen molar-refractivity contribution in [3.63, 3.8) is 0 Å². The highest BCUT2D eigenvalue weighted by molar-refractivity contribution is 7.10. The van der Waals surface area contributed by atoms with Gasteiger partial charge in [0.25, 0.3) is 0 Å². The van der Waals surface area contributed by atoms with Crippen LogP contribution >= 0.6 is 22.7 Å². The van der Waals surface area contributed by atoms with Gasteiger partial charge in [-0.15, -0.1) is 22.7 Å². The van der Waals surface area contributed by atoms with Crippen LogP contribution in [0.15, 0.2) is 35.0 Å². The van der Waals surface area contributed by atoms with Crippen LogP contribution in [0.3, 0.4) is 0 Å². The maximum atomic E-state index is 14.7. The van der Waals surface area contributed by atoms with Crippen molar-refractivity contribution in [1.82, 2.24) is 19.8 Å². The van der Waals surface area contributed by atoms with E-state index >= 15 is 0 Å². The molecule has 63 heavy (non-hydrogen) atoms. The number of fused-ring (bicyclic) bond motifs is 10. The van der Waals surface area contributed by atoms with Crippen molar-refractivity contribution in [3.05, 3.63) is 62.0 Å². The monoisotopic (exact) mass is 903 g/mol. The van der Waals surface area contributed by atoms with Gasteiger partial charge in [0, 0.05) is 29.5 Å². The van der Waals surface area contributed by atoms with Gasteiger partial charge in [0.2, 0.25) is 11.8 Å². The number of nitrogens with two attached hydrogens (primary N) is 4. The Morgan fingerprint density at radius 1 is 0.746 bits per heavy atom. The average Bonchev–Trinajstić information content (AvgIpc) is 4.03. The molecule has 0 spiro atoms. The van der Waals surface area contributed by atoms with Crippen LogP contribution < -0.4 is 27.8 Å². The van der Waals surface area contributed by atoms with Crippen molar-refractivity contribution >= 4 is 64.3 Å². The smallest absolute Gasteiger partial charge is 0.375 e. The first-order chi connectivity index (χ1) is 29.4. The Balaban J connectivity index is 1.48. The summed E-state index contributed by atoms with van der Waals surface area (Å²) in [7, 11) is 0. The molecule has 5 aliphatic heterocycles. The predicted octanol–water partition coefficient (Wildman–Crippen LogP) is 3.84. The van der Waals surface area contributed by atoms with Gasteiger partial charge in [-0.2, -0.15) is 0 Å². The number of aromatic nitrogens is 2. The molecule has 0 saturated carbocycles. The number of esters is 2.